The average Bonchev–Trinajstić information content (AvgIpc) is 2.29. The topological polar surface area (TPSA) is 70.8 Å². The van der Waals surface area contributed by atoms with Crippen LogP contribution in [0.3, 0.4) is 0 Å². The van der Waals surface area contributed by atoms with E-state index in [1.807, 2.05) is 6.92 Å². The Morgan fingerprint density at radius 2 is 1.88 bits per heavy atom. The number of carbonyl (C=O) groups excluding carboxylic acids is 1. The smallest absolute Gasteiger partial charge is 0.335 e. The van der Waals surface area contributed by atoms with Crippen LogP contribution in [0.1, 0.15) is 13.8 Å². The maximum atomic E-state index is 11.2. The van der Waals surface area contributed by atoms with Gasteiger partial charge in [-0.1, -0.05) is 13.2 Å². The molecule has 1 atom stereocenters. The first-order valence-electron chi connectivity index (χ1n) is 5.50. The molecule has 0 spiro atoms. The maximum absolute atomic E-state index is 11.2. The van der Waals surface area contributed by atoms with Crippen LogP contribution in [0, 0.1) is 0 Å². The normalized spacial score (nSPS) is 11.9. The molecule has 0 heterocycles. The van der Waals surface area contributed by atoms with E-state index in [0.29, 0.717) is 18.8 Å². The molecule has 0 aromatic rings. The lowest BCUT2D eigenvalue weighted by atomic mass is 10.3. The predicted octanol–water partition coefficient (Wildman–Crippen LogP) is 1.000. The quantitative estimate of drug-likeness (QED) is 0.283. The molecule has 0 radical (unpaired) electrons. The summed E-state index contributed by atoms with van der Waals surface area (Å²) < 4.78 is 15.1. The number of rotatable bonds is 9. The lowest BCUT2D eigenvalue weighted by Gasteiger charge is -2.15. The molecule has 0 aliphatic rings. The van der Waals surface area contributed by atoms with Gasteiger partial charge in [-0.05, 0) is 19.4 Å². The van der Waals surface area contributed by atoms with Crippen LogP contribution in [0.25, 0.3) is 0 Å². The van der Waals surface area contributed by atoms with Gasteiger partial charge >= 0.3 is 5.97 Å². The van der Waals surface area contributed by atoms with Crippen LogP contribution < -0.4 is 5.73 Å². The van der Waals surface area contributed by atoms with Gasteiger partial charge in [0.05, 0.1) is 25.4 Å². The second-order valence-electron chi connectivity index (χ2n) is 3.35. The lowest BCUT2D eigenvalue weighted by molar-refractivity contribution is -0.139. The van der Waals surface area contributed by atoms with Crippen molar-refractivity contribution in [2.24, 2.45) is 5.73 Å². The number of hydrogen-bond donors (Lipinski definition) is 1. The molecular weight excluding hydrogens is 222 g/mol. The van der Waals surface area contributed by atoms with Crippen molar-refractivity contribution in [3.8, 4) is 0 Å². The molecule has 0 aliphatic carbocycles. The zero-order chi connectivity index (χ0) is 13.3. The molecule has 0 saturated heterocycles. The zero-order valence-corrected chi connectivity index (χ0v) is 10.5. The summed E-state index contributed by atoms with van der Waals surface area (Å²) in [4.78, 5) is 11.2. The number of esters is 1. The van der Waals surface area contributed by atoms with Gasteiger partial charge in [0, 0.05) is 6.61 Å². The Labute approximate surface area is 102 Å². The van der Waals surface area contributed by atoms with Crippen molar-refractivity contribution in [1.82, 2.24) is 0 Å². The highest BCUT2D eigenvalue weighted by Crippen LogP contribution is 2.02. The van der Waals surface area contributed by atoms with E-state index in [1.54, 1.807) is 6.92 Å². The van der Waals surface area contributed by atoms with E-state index in [1.165, 1.54) is 0 Å². The van der Waals surface area contributed by atoms with E-state index < -0.39 is 12.2 Å². The first kappa shape index (κ1) is 15.8. The molecule has 0 rings (SSSR count). The van der Waals surface area contributed by atoms with E-state index in [9.17, 15) is 4.79 Å². The summed E-state index contributed by atoms with van der Waals surface area (Å²) in [7, 11) is 0. The van der Waals surface area contributed by atoms with Crippen LogP contribution in [0.15, 0.2) is 24.3 Å². The fourth-order valence-corrected chi connectivity index (χ4v) is 0.977. The molecule has 1 unspecified atom stereocenters. The van der Waals surface area contributed by atoms with Crippen LogP contribution in [-0.2, 0) is 19.0 Å². The predicted molar refractivity (Wildman–Crippen MR) is 65.3 cm³/mol. The summed E-state index contributed by atoms with van der Waals surface area (Å²) in [6.45, 7) is 12.0. The van der Waals surface area contributed by atoms with Crippen LogP contribution in [0.2, 0.25) is 0 Å². The zero-order valence-electron chi connectivity index (χ0n) is 10.5. The highest BCUT2D eigenvalue weighted by molar-refractivity contribution is 5.87. The Hall–Kier alpha value is -1.17. The molecule has 5 heteroatoms. The van der Waals surface area contributed by atoms with Crippen LogP contribution in [0.5, 0.6) is 0 Å². The molecule has 0 aromatic heterocycles. The second kappa shape index (κ2) is 8.92. The SMILES string of the molecule is C=C(COCC(=C)C(N)OCC)C(=O)OCC. The highest BCUT2D eigenvalue weighted by atomic mass is 16.5. The summed E-state index contributed by atoms with van der Waals surface area (Å²) in [6, 6.07) is 0. The Kier molecular flexibility index (Phi) is 8.31. The molecule has 0 fully saturated rings. The Bertz CT molecular complexity index is 276. The van der Waals surface area contributed by atoms with Crippen molar-refractivity contribution < 1.29 is 19.0 Å². The van der Waals surface area contributed by atoms with Gasteiger partial charge < -0.3 is 19.9 Å². The number of nitrogens with two attached hydrogens (primary N) is 1. The van der Waals surface area contributed by atoms with Gasteiger partial charge in [0.1, 0.15) is 6.23 Å². The third kappa shape index (κ3) is 6.88. The van der Waals surface area contributed by atoms with Crippen LogP contribution in [0.4, 0.5) is 0 Å². The highest BCUT2D eigenvalue weighted by Gasteiger charge is 2.10. The van der Waals surface area contributed by atoms with Crippen molar-refractivity contribution in [3.63, 3.8) is 0 Å². The number of carbonyl (C=O) groups is 1. The minimum atomic E-state index is -0.546. The molecule has 0 saturated carbocycles. The molecule has 98 valence electrons. The lowest BCUT2D eigenvalue weighted by Crippen LogP contribution is -2.28. The van der Waals surface area contributed by atoms with E-state index in [4.69, 9.17) is 19.9 Å². The summed E-state index contributed by atoms with van der Waals surface area (Å²) in [5.41, 5.74) is 6.52. The fraction of sp³-hybridized carbons (Fsp3) is 0.583. The van der Waals surface area contributed by atoms with E-state index >= 15 is 0 Å². The minimum Gasteiger partial charge on any atom is -0.463 e. The average molecular weight is 243 g/mol. The van der Waals surface area contributed by atoms with Gasteiger partial charge in [-0.2, -0.15) is 0 Å². The third-order valence-electron chi connectivity index (χ3n) is 1.88. The first-order chi connectivity index (χ1) is 8.02. The Morgan fingerprint density at radius 1 is 1.24 bits per heavy atom. The molecule has 0 amide bonds. The van der Waals surface area contributed by atoms with Gasteiger partial charge in [-0.25, -0.2) is 4.79 Å². The standard InChI is InChI=1S/C12H21NO4/c1-5-16-11(13)9(3)7-15-8-10(4)12(14)17-6-2/h11H,3-8,13H2,1-2H3. The van der Waals surface area contributed by atoms with Crippen LogP contribution in [-0.4, -0.2) is 38.6 Å². The Balaban J connectivity index is 3.80. The van der Waals surface area contributed by atoms with Gasteiger partial charge in [-0.15, -0.1) is 0 Å². The molecule has 17 heavy (non-hydrogen) atoms. The minimum absolute atomic E-state index is 0.0939. The van der Waals surface area contributed by atoms with Gasteiger partial charge in [-0.3, -0.25) is 0 Å². The fourth-order valence-electron chi connectivity index (χ4n) is 0.977. The van der Waals surface area contributed by atoms with Crippen LogP contribution >= 0.6 is 0 Å². The summed E-state index contributed by atoms with van der Waals surface area (Å²) in [5, 5.41) is 0. The van der Waals surface area contributed by atoms with E-state index in [0.717, 1.165) is 0 Å². The van der Waals surface area contributed by atoms with Crippen molar-refractivity contribution in [3.05, 3.63) is 24.3 Å². The molecule has 5 nitrogen and oxygen atoms in total. The Morgan fingerprint density at radius 3 is 2.41 bits per heavy atom. The largest absolute Gasteiger partial charge is 0.463 e. The van der Waals surface area contributed by atoms with Gasteiger partial charge in [0.2, 0.25) is 0 Å². The monoisotopic (exact) mass is 243 g/mol. The maximum Gasteiger partial charge on any atom is 0.335 e. The van der Waals surface area contributed by atoms with Crippen molar-refractivity contribution >= 4 is 5.97 Å². The number of ether oxygens (including phenoxy) is 3. The molecular formula is C12H21NO4. The molecule has 0 aliphatic heterocycles. The number of hydrogen-bond acceptors (Lipinski definition) is 5. The van der Waals surface area contributed by atoms with Crippen molar-refractivity contribution in [1.29, 1.82) is 0 Å². The second-order valence-corrected chi connectivity index (χ2v) is 3.35. The van der Waals surface area contributed by atoms with Crippen molar-refractivity contribution in [2.75, 3.05) is 26.4 Å². The van der Waals surface area contributed by atoms with Gasteiger partial charge in [0.15, 0.2) is 0 Å². The molecule has 2 N–H and O–H groups in total. The van der Waals surface area contributed by atoms with Gasteiger partial charge in [0.25, 0.3) is 0 Å². The first-order valence-corrected chi connectivity index (χ1v) is 5.50. The summed E-state index contributed by atoms with van der Waals surface area (Å²) >= 11 is 0. The van der Waals surface area contributed by atoms with E-state index in [-0.39, 0.29) is 18.8 Å². The summed E-state index contributed by atoms with van der Waals surface area (Å²) in [5.74, 6) is -0.452. The molecule has 0 aromatic carbocycles. The van der Waals surface area contributed by atoms with Crippen molar-refractivity contribution in [2.45, 2.75) is 20.1 Å². The summed E-state index contributed by atoms with van der Waals surface area (Å²) in [6.07, 6.45) is -0.546. The third-order valence-corrected chi connectivity index (χ3v) is 1.88. The molecule has 0 bridgehead atoms. The van der Waals surface area contributed by atoms with E-state index in [2.05, 4.69) is 13.2 Å².